The predicted molar refractivity (Wildman–Crippen MR) is 114 cm³/mol. The number of nitrogens with zero attached hydrogens (tertiary/aromatic N) is 3. The van der Waals surface area contributed by atoms with E-state index in [-0.39, 0.29) is 24.0 Å². The van der Waals surface area contributed by atoms with Crippen LogP contribution in [0.25, 0.3) is 0 Å². The van der Waals surface area contributed by atoms with Gasteiger partial charge in [-0.25, -0.2) is 4.98 Å². The van der Waals surface area contributed by atoms with Crippen molar-refractivity contribution in [3.05, 3.63) is 53.1 Å². The number of halogens is 2. The van der Waals surface area contributed by atoms with Gasteiger partial charge in [0.15, 0.2) is 5.96 Å². The Morgan fingerprint density at radius 3 is 2.79 bits per heavy atom. The fraction of sp³-hybridized carbons (Fsp3) is 0.294. The number of hydrogen-bond donors (Lipinski definition) is 2. The van der Waals surface area contributed by atoms with E-state index in [4.69, 9.17) is 5.73 Å². The molecule has 0 spiro atoms. The van der Waals surface area contributed by atoms with Crippen molar-refractivity contribution in [2.45, 2.75) is 6.42 Å². The van der Waals surface area contributed by atoms with Crippen LogP contribution in [0, 0.1) is 5.92 Å². The summed E-state index contributed by atoms with van der Waals surface area (Å²) in [7, 11) is 0. The molecule has 1 aliphatic rings. The third-order valence-corrected chi connectivity index (χ3v) is 4.45. The van der Waals surface area contributed by atoms with Crippen LogP contribution < -0.4 is 16.0 Å². The Labute approximate surface area is 167 Å². The maximum Gasteiger partial charge on any atom is 0.194 e. The number of pyridine rings is 1. The fourth-order valence-corrected chi connectivity index (χ4v) is 2.97. The molecule has 7 heteroatoms. The first-order valence-corrected chi connectivity index (χ1v) is 8.48. The molecule has 1 fully saturated rings. The molecule has 1 saturated heterocycles. The zero-order valence-electron chi connectivity index (χ0n) is 13.2. The second-order valence-electron chi connectivity index (χ2n) is 5.64. The molecule has 1 aromatic heterocycles. The van der Waals surface area contributed by atoms with Crippen LogP contribution in [0.4, 0.5) is 11.5 Å². The molecule has 0 saturated carbocycles. The lowest BCUT2D eigenvalue weighted by atomic mass is 10.1. The molecular weight excluding hydrogens is 481 g/mol. The van der Waals surface area contributed by atoms with Crippen LogP contribution in [0.5, 0.6) is 0 Å². The molecule has 2 aromatic rings. The minimum absolute atomic E-state index is 0. The molecule has 0 bridgehead atoms. The number of nitrogens with one attached hydrogen (secondary N) is 1. The average molecular weight is 502 g/mol. The van der Waals surface area contributed by atoms with Crippen LogP contribution in [0.2, 0.25) is 0 Å². The number of aliphatic imine (C=N–C) groups is 1. The third kappa shape index (κ3) is 5.34. The van der Waals surface area contributed by atoms with E-state index >= 15 is 0 Å². The lowest BCUT2D eigenvalue weighted by Crippen LogP contribution is -2.25. The topological polar surface area (TPSA) is 66.5 Å². The second-order valence-corrected chi connectivity index (χ2v) is 6.56. The highest BCUT2D eigenvalue weighted by Gasteiger charge is 2.22. The molecule has 3 rings (SSSR count). The summed E-state index contributed by atoms with van der Waals surface area (Å²) in [5, 5.41) is 3.01. The number of aromatic nitrogens is 1. The summed E-state index contributed by atoms with van der Waals surface area (Å²) < 4.78 is 1.11. The summed E-state index contributed by atoms with van der Waals surface area (Å²) in [5.41, 5.74) is 7.19. The van der Waals surface area contributed by atoms with Gasteiger partial charge in [0.05, 0.1) is 0 Å². The first-order valence-electron chi connectivity index (χ1n) is 7.69. The molecule has 0 aliphatic carbocycles. The van der Waals surface area contributed by atoms with Gasteiger partial charge in [-0.05, 0) is 48.7 Å². The van der Waals surface area contributed by atoms with Gasteiger partial charge in [-0.3, -0.25) is 4.99 Å². The molecule has 3 N–H and O–H groups in total. The molecular formula is C17H21BrIN5. The molecule has 1 atom stereocenters. The van der Waals surface area contributed by atoms with E-state index < -0.39 is 0 Å². The molecule has 24 heavy (non-hydrogen) atoms. The van der Waals surface area contributed by atoms with E-state index in [1.165, 1.54) is 5.69 Å². The van der Waals surface area contributed by atoms with Gasteiger partial charge >= 0.3 is 0 Å². The Bertz CT molecular complexity index is 662. The molecule has 5 nitrogen and oxygen atoms in total. The lowest BCUT2D eigenvalue weighted by molar-refractivity contribution is 0.603. The Morgan fingerprint density at radius 1 is 1.29 bits per heavy atom. The number of anilines is 2. The predicted octanol–water partition coefficient (Wildman–Crippen LogP) is 3.72. The van der Waals surface area contributed by atoms with Crippen molar-refractivity contribution >= 4 is 57.4 Å². The van der Waals surface area contributed by atoms with Crippen molar-refractivity contribution in [3.8, 4) is 0 Å². The van der Waals surface area contributed by atoms with E-state index in [0.717, 1.165) is 36.3 Å². The molecule has 0 radical (unpaired) electrons. The average Bonchev–Trinajstić information content (AvgIpc) is 3.04. The van der Waals surface area contributed by atoms with Gasteiger partial charge in [0.1, 0.15) is 5.82 Å². The van der Waals surface area contributed by atoms with Crippen LogP contribution >= 0.6 is 39.9 Å². The second kappa shape index (κ2) is 9.22. The van der Waals surface area contributed by atoms with Crippen molar-refractivity contribution in [2.75, 3.05) is 29.9 Å². The Kier molecular flexibility index (Phi) is 7.29. The Morgan fingerprint density at radius 2 is 2.08 bits per heavy atom. The smallest absolute Gasteiger partial charge is 0.194 e. The minimum Gasteiger partial charge on any atom is -0.371 e. The molecule has 0 amide bonds. The molecule has 1 aromatic carbocycles. The minimum atomic E-state index is 0. The highest BCUT2D eigenvalue weighted by molar-refractivity contribution is 14.0. The van der Waals surface area contributed by atoms with Gasteiger partial charge in [0, 0.05) is 36.0 Å². The summed E-state index contributed by atoms with van der Waals surface area (Å²) in [6.45, 7) is 2.82. The lowest BCUT2D eigenvalue weighted by Gasteiger charge is -2.18. The van der Waals surface area contributed by atoms with Crippen LogP contribution in [0.1, 0.15) is 6.42 Å². The van der Waals surface area contributed by atoms with E-state index in [0.29, 0.717) is 11.9 Å². The van der Waals surface area contributed by atoms with Gasteiger partial charge in [-0.1, -0.05) is 22.0 Å². The number of rotatable bonds is 4. The number of hydrogen-bond acceptors (Lipinski definition) is 3. The van der Waals surface area contributed by atoms with Crippen LogP contribution in [-0.2, 0) is 0 Å². The summed E-state index contributed by atoms with van der Waals surface area (Å²) in [6, 6.07) is 14.1. The number of nitrogens with two attached hydrogens (primary N) is 1. The third-order valence-electron chi connectivity index (χ3n) is 3.92. The Hall–Kier alpha value is -1.35. The summed E-state index contributed by atoms with van der Waals surface area (Å²) in [5.74, 6) is 1.67. The monoisotopic (exact) mass is 501 g/mol. The number of guanidine groups is 1. The largest absolute Gasteiger partial charge is 0.371 e. The van der Waals surface area contributed by atoms with E-state index in [1.807, 2.05) is 18.2 Å². The first kappa shape index (κ1) is 19.0. The summed E-state index contributed by atoms with van der Waals surface area (Å²) in [4.78, 5) is 11.0. The van der Waals surface area contributed by atoms with Gasteiger partial charge in [0.2, 0.25) is 0 Å². The van der Waals surface area contributed by atoms with Gasteiger partial charge in [-0.2, -0.15) is 0 Å². The SMILES string of the molecule is I.NC(=NCC1CCN(c2ccc(Br)cc2)C1)Nc1ccccn1. The van der Waals surface area contributed by atoms with E-state index in [9.17, 15) is 0 Å². The van der Waals surface area contributed by atoms with Crippen molar-refractivity contribution in [1.29, 1.82) is 0 Å². The maximum absolute atomic E-state index is 5.93. The Balaban J connectivity index is 0.00000208. The maximum atomic E-state index is 5.93. The van der Waals surface area contributed by atoms with Gasteiger partial charge < -0.3 is 16.0 Å². The quantitative estimate of drug-likeness (QED) is 0.380. The number of benzene rings is 1. The fourth-order valence-electron chi connectivity index (χ4n) is 2.70. The van der Waals surface area contributed by atoms with Crippen LogP contribution in [0.15, 0.2) is 58.1 Å². The molecule has 2 heterocycles. The normalized spacial score (nSPS) is 17.5. The zero-order valence-corrected chi connectivity index (χ0v) is 17.1. The summed E-state index contributed by atoms with van der Waals surface area (Å²) in [6.07, 6.45) is 2.86. The van der Waals surface area contributed by atoms with E-state index in [2.05, 4.69) is 60.4 Å². The first-order chi connectivity index (χ1) is 11.2. The van der Waals surface area contributed by atoms with Crippen LogP contribution in [-0.4, -0.2) is 30.6 Å². The van der Waals surface area contributed by atoms with Crippen molar-refractivity contribution < 1.29 is 0 Å². The highest BCUT2D eigenvalue weighted by Crippen LogP contribution is 2.25. The van der Waals surface area contributed by atoms with Crippen LogP contribution in [0.3, 0.4) is 0 Å². The van der Waals surface area contributed by atoms with Gasteiger partial charge in [0.25, 0.3) is 0 Å². The zero-order chi connectivity index (χ0) is 16.1. The molecule has 1 aliphatic heterocycles. The van der Waals surface area contributed by atoms with Crippen molar-refractivity contribution in [3.63, 3.8) is 0 Å². The highest BCUT2D eigenvalue weighted by atomic mass is 127. The molecule has 128 valence electrons. The van der Waals surface area contributed by atoms with Crippen molar-refractivity contribution in [1.82, 2.24) is 4.98 Å². The summed E-state index contributed by atoms with van der Waals surface area (Å²) >= 11 is 3.47. The van der Waals surface area contributed by atoms with Crippen molar-refractivity contribution in [2.24, 2.45) is 16.6 Å². The standard InChI is InChI=1S/C17H20BrN5.HI/c18-14-4-6-15(7-5-14)23-10-8-13(12-23)11-21-17(19)22-16-3-1-2-9-20-16;/h1-7,9,13H,8,10-12H2,(H3,19,20,21,22);1H. The van der Waals surface area contributed by atoms with E-state index in [1.54, 1.807) is 6.20 Å². The van der Waals surface area contributed by atoms with Gasteiger partial charge in [-0.15, -0.1) is 24.0 Å². The molecule has 1 unspecified atom stereocenters.